The molecule has 0 spiro atoms. The first kappa shape index (κ1) is 7.31. The van der Waals surface area contributed by atoms with Crippen LogP contribution in [0.2, 0.25) is 0 Å². The lowest BCUT2D eigenvalue weighted by atomic mass is 9.52. The number of nitrogens with two attached hydrogens (primary N) is 1. The first-order valence-electron chi connectivity index (χ1n) is 5.09. The van der Waals surface area contributed by atoms with Gasteiger partial charge in [-0.25, -0.2) is 4.39 Å². The zero-order valence-electron chi connectivity index (χ0n) is 7.30. The third-order valence-corrected chi connectivity index (χ3v) is 4.21. The Bertz CT molecular complexity index is 200. The summed E-state index contributed by atoms with van der Waals surface area (Å²) < 4.78 is 13.6. The van der Waals surface area contributed by atoms with Crippen molar-refractivity contribution in [3.05, 3.63) is 0 Å². The summed E-state index contributed by atoms with van der Waals surface area (Å²) in [5.41, 5.74) is 6.26. The summed E-state index contributed by atoms with van der Waals surface area (Å²) in [7, 11) is 0. The van der Waals surface area contributed by atoms with Gasteiger partial charge in [-0.1, -0.05) is 0 Å². The average molecular weight is 169 g/mol. The van der Waals surface area contributed by atoms with Gasteiger partial charge in [-0.3, -0.25) is 0 Å². The fraction of sp³-hybridized carbons (Fsp3) is 1.00. The van der Waals surface area contributed by atoms with Crippen molar-refractivity contribution in [2.24, 2.45) is 23.5 Å². The third kappa shape index (κ3) is 0.819. The van der Waals surface area contributed by atoms with Crippen LogP contribution in [0.15, 0.2) is 0 Å². The van der Waals surface area contributed by atoms with Crippen LogP contribution in [0.25, 0.3) is 0 Å². The molecule has 0 radical (unpaired) electrons. The van der Waals surface area contributed by atoms with Crippen LogP contribution in [-0.4, -0.2) is 11.7 Å². The molecule has 2 heteroatoms. The van der Waals surface area contributed by atoms with Crippen molar-refractivity contribution >= 4 is 0 Å². The summed E-state index contributed by atoms with van der Waals surface area (Å²) in [5, 5.41) is 0. The molecule has 0 aromatic rings. The summed E-state index contributed by atoms with van der Waals surface area (Å²) >= 11 is 0. The number of rotatable bonds is 0. The van der Waals surface area contributed by atoms with E-state index < -0.39 is 6.17 Å². The van der Waals surface area contributed by atoms with Crippen LogP contribution >= 0.6 is 0 Å². The number of halogens is 1. The van der Waals surface area contributed by atoms with Gasteiger partial charge in [0, 0.05) is 5.54 Å². The van der Waals surface area contributed by atoms with Crippen molar-refractivity contribution in [3.63, 3.8) is 0 Å². The number of hydrogen-bond acceptors (Lipinski definition) is 1. The molecule has 5 atom stereocenters. The van der Waals surface area contributed by atoms with Crippen molar-refractivity contribution in [2.75, 3.05) is 0 Å². The molecule has 4 unspecified atom stereocenters. The van der Waals surface area contributed by atoms with Gasteiger partial charge in [-0.15, -0.1) is 0 Å². The SMILES string of the molecule is NC12CC3CC(C1)C(F)[C@@H](C3)C2. The van der Waals surface area contributed by atoms with Gasteiger partial charge >= 0.3 is 0 Å². The Kier molecular flexibility index (Phi) is 1.24. The van der Waals surface area contributed by atoms with E-state index in [-0.39, 0.29) is 5.54 Å². The molecule has 4 aliphatic carbocycles. The molecular formula is C10H16FN. The minimum Gasteiger partial charge on any atom is -0.325 e. The van der Waals surface area contributed by atoms with Crippen molar-refractivity contribution < 1.29 is 4.39 Å². The Morgan fingerprint density at radius 3 is 2.17 bits per heavy atom. The van der Waals surface area contributed by atoms with Crippen LogP contribution in [0.5, 0.6) is 0 Å². The predicted octanol–water partition coefficient (Wildman–Crippen LogP) is 1.86. The highest BCUT2D eigenvalue weighted by Crippen LogP contribution is 2.55. The fourth-order valence-corrected chi connectivity index (χ4v) is 4.03. The molecular weight excluding hydrogens is 153 g/mol. The Labute approximate surface area is 72.5 Å². The van der Waals surface area contributed by atoms with Crippen molar-refractivity contribution in [3.8, 4) is 0 Å². The lowest BCUT2D eigenvalue weighted by molar-refractivity contribution is -0.0649. The third-order valence-electron chi connectivity index (χ3n) is 4.21. The van der Waals surface area contributed by atoms with Gasteiger partial charge in [-0.2, -0.15) is 0 Å². The minimum atomic E-state index is -0.516. The van der Waals surface area contributed by atoms with Crippen molar-refractivity contribution in [2.45, 2.75) is 43.8 Å². The average Bonchev–Trinajstić information content (AvgIpc) is 1.96. The Morgan fingerprint density at radius 2 is 1.67 bits per heavy atom. The van der Waals surface area contributed by atoms with Gasteiger partial charge in [0.15, 0.2) is 0 Å². The molecule has 0 saturated heterocycles. The summed E-state index contributed by atoms with van der Waals surface area (Å²) in [4.78, 5) is 0. The van der Waals surface area contributed by atoms with Gasteiger partial charge in [0.25, 0.3) is 0 Å². The molecule has 0 heterocycles. The Morgan fingerprint density at radius 1 is 1.08 bits per heavy atom. The highest BCUT2D eigenvalue weighted by Gasteiger charge is 2.54. The molecule has 68 valence electrons. The molecule has 4 rings (SSSR count). The maximum Gasteiger partial charge on any atom is 0.106 e. The first-order chi connectivity index (χ1) is 5.66. The maximum absolute atomic E-state index is 13.6. The van der Waals surface area contributed by atoms with E-state index in [0.29, 0.717) is 11.8 Å². The quantitative estimate of drug-likeness (QED) is 0.588. The molecule has 4 bridgehead atoms. The van der Waals surface area contributed by atoms with Crippen LogP contribution in [0.4, 0.5) is 4.39 Å². The second-order valence-corrected chi connectivity index (χ2v) is 5.28. The Hall–Kier alpha value is -0.110. The van der Waals surface area contributed by atoms with E-state index >= 15 is 0 Å². The highest BCUT2D eigenvalue weighted by atomic mass is 19.1. The molecule has 4 saturated carbocycles. The highest BCUT2D eigenvalue weighted by molar-refractivity contribution is 5.08. The van der Waals surface area contributed by atoms with Crippen LogP contribution in [0, 0.1) is 17.8 Å². The monoisotopic (exact) mass is 169 g/mol. The van der Waals surface area contributed by atoms with Gasteiger partial charge in [0.05, 0.1) is 0 Å². The molecule has 0 aliphatic heterocycles. The summed E-state index contributed by atoms with van der Waals surface area (Å²) in [5.74, 6) is 1.40. The van der Waals surface area contributed by atoms with Gasteiger partial charge < -0.3 is 5.73 Å². The molecule has 12 heavy (non-hydrogen) atoms. The van der Waals surface area contributed by atoms with E-state index in [4.69, 9.17) is 5.73 Å². The predicted molar refractivity (Wildman–Crippen MR) is 45.4 cm³/mol. The standard InChI is InChI=1S/C10H16FN/c11-9-7-1-6-2-8(9)5-10(12,3-6)4-7/h6-9H,1-5,12H2/t6?,7-,8?,9?,10?/m0/s1. The lowest BCUT2D eigenvalue weighted by Crippen LogP contribution is -2.59. The van der Waals surface area contributed by atoms with Gasteiger partial charge in [-0.05, 0) is 49.9 Å². The van der Waals surface area contributed by atoms with Gasteiger partial charge in [0.1, 0.15) is 6.17 Å². The minimum absolute atomic E-state index is 0.0408. The second kappa shape index (κ2) is 2.03. The van der Waals surface area contributed by atoms with Crippen molar-refractivity contribution in [1.82, 2.24) is 0 Å². The molecule has 0 amide bonds. The topological polar surface area (TPSA) is 26.0 Å². The molecule has 4 fully saturated rings. The number of hydrogen-bond donors (Lipinski definition) is 1. The first-order valence-corrected chi connectivity index (χ1v) is 5.09. The van der Waals surface area contributed by atoms with Crippen LogP contribution < -0.4 is 5.73 Å². The van der Waals surface area contributed by atoms with E-state index in [2.05, 4.69) is 0 Å². The maximum atomic E-state index is 13.6. The van der Waals surface area contributed by atoms with E-state index in [9.17, 15) is 4.39 Å². The largest absolute Gasteiger partial charge is 0.325 e. The normalized spacial score (nSPS) is 62.5. The second-order valence-electron chi connectivity index (χ2n) is 5.28. The molecule has 0 aromatic carbocycles. The van der Waals surface area contributed by atoms with Gasteiger partial charge in [0.2, 0.25) is 0 Å². The summed E-state index contributed by atoms with van der Waals surface area (Å²) in [6.07, 6.45) is 4.82. The Balaban J connectivity index is 1.95. The van der Waals surface area contributed by atoms with Crippen LogP contribution in [0.1, 0.15) is 32.1 Å². The van der Waals surface area contributed by atoms with E-state index in [1.807, 2.05) is 0 Å². The smallest absolute Gasteiger partial charge is 0.106 e. The zero-order valence-corrected chi connectivity index (χ0v) is 7.30. The van der Waals surface area contributed by atoms with E-state index in [1.165, 1.54) is 6.42 Å². The van der Waals surface area contributed by atoms with E-state index in [1.54, 1.807) is 0 Å². The number of alkyl halides is 1. The van der Waals surface area contributed by atoms with E-state index in [0.717, 1.165) is 31.6 Å². The zero-order chi connectivity index (χ0) is 8.34. The molecule has 2 N–H and O–H groups in total. The molecule has 1 nitrogen and oxygen atoms in total. The lowest BCUT2D eigenvalue weighted by Gasteiger charge is -2.56. The van der Waals surface area contributed by atoms with Crippen molar-refractivity contribution in [1.29, 1.82) is 0 Å². The van der Waals surface area contributed by atoms with Crippen LogP contribution in [0.3, 0.4) is 0 Å². The fourth-order valence-electron chi connectivity index (χ4n) is 4.03. The summed E-state index contributed by atoms with van der Waals surface area (Å²) in [6, 6.07) is 0. The summed E-state index contributed by atoms with van der Waals surface area (Å²) in [6.45, 7) is 0. The molecule has 4 aliphatic rings. The van der Waals surface area contributed by atoms with Crippen LogP contribution in [-0.2, 0) is 0 Å². The molecule has 0 aromatic heterocycles.